The van der Waals surface area contributed by atoms with E-state index in [-0.39, 0.29) is 0 Å². The van der Waals surface area contributed by atoms with E-state index in [2.05, 4.69) is 17.2 Å². The molecule has 0 unspecified atom stereocenters. The molecule has 0 atom stereocenters. The number of nitrogens with zero attached hydrogens (tertiary/aromatic N) is 1. The van der Waals surface area contributed by atoms with E-state index in [1.165, 1.54) is 4.88 Å². The first-order valence-electron chi connectivity index (χ1n) is 5.21. The van der Waals surface area contributed by atoms with E-state index >= 15 is 0 Å². The molecular formula is C12H13ClN2S. The van der Waals surface area contributed by atoms with Gasteiger partial charge in [0.1, 0.15) is 5.01 Å². The lowest BCUT2D eigenvalue weighted by molar-refractivity contribution is 0.734. The second kappa shape index (κ2) is 5.43. The minimum Gasteiger partial charge on any atom is -0.312 e. The average Bonchev–Trinajstić information content (AvgIpc) is 2.75. The second-order valence-electron chi connectivity index (χ2n) is 3.39. The maximum atomic E-state index is 6.12. The molecule has 0 saturated heterocycles. The molecule has 4 heteroatoms. The van der Waals surface area contributed by atoms with E-state index in [1.54, 1.807) is 11.3 Å². The Hall–Kier alpha value is -0.900. The summed E-state index contributed by atoms with van der Waals surface area (Å²) in [5.74, 6) is 0. The van der Waals surface area contributed by atoms with Crippen molar-refractivity contribution in [2.45, 2.75) is 13.5 Å². The Labute approximate surface area is 104 Å². The summed E-state index contributed by atoms with van der Waals surface area (Å²) in [6.07, 6.45) is 1.91. The Balaban J connectivity index is 2.22. The zero-order chi connectivity index (χ0) is 11.4. The standard InChI is InChI=1S/C12H13ClN2S/c1-2-14-7-9-8-15-12(16-9)10-5-3-4-6-11(10)13/h3-6,8,14H,2,7H2,1H3. The minimum atomic E-state index is 0.756. The molecule has 1 heterocycles. The first kappa shape index (κ1) is 11.6. The SMILES string of the molecule is CCNCc1cnc(-c2ccccc2Cl)s1. The molecule has 0 saturated carbocycles. The van der Waals surface area contributed by atoms with Crippen LogP contribution in [0.5, 0.6) is 0 Å². The molecule has 1 aromatic carbocycles. The molecule has 0 aliphatic rings. The third-order valence-corrected chi connectivity index (χ3v) is 3.57. The van der Waals surface area contributed by atoms with Gasteiger partial charge in [0.05, 0.1) is 5.02 Å². The number of halogens is 1. The molecule has 2 rings (SSSR count). The Bertz CT molecular complexity index is 468. The average molecular weight is 253 g/mol. The molecule has 0 amide bonds. The van der Waals surface area contributed by atoms with Crippen LogP contribution in [0, 0.1) is 0 Å². The first-order valence-corrected chi connectivity index (χ1v) is 6.41. The lowest BCUT2D eigenvalue weighted by atomic mass is 10.2. The Kier molecular flexibility index (Phi) is 3.93. The third kappa shape index (κ3) is 2.61. The normalized spacial score (nSPS) is 10.6. The van der Waals surface area contributed by atoms with Crippen LogP contribution < -0.4 is 5.32 Å². The highest BCUT2D eigenvalue weighted by Crippen LogP contribution is 2.30. The summed E-state index contributed by atoms with van der Waals surface area (Å²) >= 11 is 7.81. The minimum absolute atomic E-state index is 0.756. The van der Waals surface area contributed by atoms with Gasteiger partial charge in [0, 0.05) is 23.2 Å². The van der Waals surface area contributed by atoms with Gasteiger partial charge in [-0.05, 0) is 12.6 Å². The summed E-state index contributed by atoms with van der Waals surface area (Å²) in [5, 5.41) is 5.02. The molecule has 2 nitrogen and oxygen atoms in total. The quantitative estimate of drug-likeness (QED) is 0.900. The van der Waals surface area contributed by atoms with Gasteiger partial charge in [-0.1, -0.05) is 36.7 Å². The molecule has 0 aliphatic heterocycles. The van der Waals surface area contributed by atoms with Crippen LogP contribution in [0.4, 0.5) is 0 Å². The molecule has 0 radical (unpaired) electrons. The summed E-state index contributed by atoms with van der Waals surface area (Å²) in [4.78, 5) is 5.63. The smallest absolute Gasteiger partial charge is 0.125 e. The molecule has 0 fully saturated rings. The van der Waals surface area contributed by atoms with Crippen LogP contribution >= 0.6 is 22.9 Å². The van der Waals surface area contributed by atoms with E-state index in [0.717, 1.165) is 28.7 Å². The van der Waals surface area contributed by atoms with Gasteiger partial charge in [-0.25, -0.2) is 4.98 Å². The van der Waals surface area contributed by atoms with Crippen molar-refractivity contribution in [3.05, 3.63) is 40.4 Å². The summed E-state index contributed by atoms with van der Waals surface area (Å²) < 4.78 is 0. The predicted octanol–water partition coefficient (Wildman–Crippen LogP) is 3.57. The number of rotatable bonds is 4. The van der Waals surface area contributed by atoms with E-state index < -0.39 is 0 Å². The van der Waals surface area contributed by atoms with Gasteiger partial charge in [-0.3, -0.25) is 0 Å². The summed E-state index contributed by atoms with van der Waals surface area (Å²) in [6, 6.07) is 7.80. The summed E-state index contributed by atoms with van der Waals surface area (Å²) in [7, 11) is 0. The predicted molar refractivity (Wildman–Crippen MR) is 69.9 cm³/mol. The number of hydrogen-bond acceptors (Lipinski definition) is 3. The highest BCUT2D eigenvalue weighted by atomic mass is 35.5. The Morgan fingerprint density at radius 3 is 2.94 bits per heavy atom. The van der Waals surface area contributed by atoms with E-state index in [0.29, 0.717) is 0 Å². The molecule has 2 aromatic rings. The van der Waals surface area contributed by atoms with Gasteiger partial charge in [-0.2, -0.15) is 0 Å². The molecule has 0 spiro atoms. The molecule has 16 heavy (non-hydrogen) atoms. The molecule has 1 aromatic heterocycles. The Morgan fingerprint density at radius 1 is 1.38 bits per heavy atom. The Morgan fingerprint density at radius 2 is 2.19 bits per heavy atom. The lowest BCUT2D eigenvalue weighted by Gasteiger charge is -1.98. The number of benzene rings is 1. The van der Waals surface area contributed by atoms with Crippen LogP contribution in [0.25, 0.3) is 10.6 Å². The van der Waals surface area contributed by atoms with Crippen molar-refractivity contribution >= 4 is 22.9 Å². The largest absolute Gasteiger partial charge is 0.312 e. The van der Waals surface area contributed by atoms with Gasteiger partial charge in [0.2, 0.25) is 0 Å². The van der Waals surface area contributed by atoms with Crippen molar-refractivity contribution in [1.29, 1.82) is 0 Å². The fourth-order valence-electron chi connectivity index (χ4n) is 1.40. The van der Waals surface area contributed by atoms with E-state index in [1.807, 2.05) is 30.5 Å². The van der Waals surface area contributed by atoms with Crippen molar-refractivity contribution in [3.63, 3.8) is 0 Å². The summed E-state index contributed by atoms with van der Waals surface area (Å²) in [5.41, 5.74) is 1.01. The molecule has 1 N–H and O–H groups in total. The highest BCUT2D eigenvalue weighted by Gasteiger charge is 2.07. The molecule has 84 valence electrons. The van der Waals surface area contributed by atoms with Crippen LogP contribution in [0.2, 0.25) is 5.02 Å². The monoisotopic (exact) mass is 252 g/mol. The van der Waals surface area contributed by atoms with E-state index in [4.69, 9.17) is 11.6 Å². The van der Waals surface area contributed by atoms with Crippen LogP contribution in [-0.4, -0.2) is 11.5 Å². The van der Waals surface area contributed by atoms with Crippen molar-refractivity contribution in [2.24, 2.45) is 0 Å². The maximum absolute atomic E-state index is 6.12. The lowest BCUT2D eigenvalue weighted by Crippen LogP contribution is -2.10. The zero-order valence-electron chi connectivity index (χ0n) is 9.03. The van der Waals surface area contributed by atoms with E-state index in [9.17, 15) is 0 Å². The molecule has 0 aliphatic carbocycles. The highest BCUT2D eigenvalue weighted by molar-refractivity contribution is 7.15. The number of thiazole rings is 1. The second-order valence-corrected chi connectivity index (χ2v) is 4.91. The van der Waals surface area contributed by atoms with Gasteiger partial charge in [-0.15, -0.1) is 11.3 Å². The third-order valence-electron chi connectivity index (χ3n) is 2.21. The fraction of sp³-hybridized carbons (Fsp3) is 0.250. The maximum Gasteiger partial charge on any atom is 0.125 e. The van der Waals surface area contributed by atoms with Crippen LogP contribution in [0.15, 0.2) is 30.5 Å². The van der Waals surface area contributed by atoms with Crippen LogP contribution in [-0.2, 0) is 6.54 Å². The van der Waals surface area contributed by atoms with Gasteiger partial charge in [0.25, 0.3) is 0 Å². The van der Waals surface area contributed by atoms with Crippen molar-refractivity contribution in [2.75, 3.05) is 6.54 Å². The van der Waals surface area contributed by atoms with Gasteiger partial charge >= 0.3 is 0 Å². The van der Waals surface area contributed by atoms with Gasteiger partial charge < -0.3 is 5.32 Å². The molecular weight excluding hydrogens is 240 g/mol. The summed E-state index contributed by atoms with van der Waals surface area (Å²) in [6.45, 7) is 3.94. The zero-order valence-corrected chi connectivity index (χ0v) is 10.6. The van der Waals surface area contributed by atoms with Crippen molar-refractivity contribution in [1.82, 2.24) is 10.3 Å². The fourth-order valence-corrected chi connectivity index (χ4v) is 2.60. The number of aromatic nitrogens is 1. The van der Waals surface area contributed by atoms with Crippen LogP contribution in [0.3, 0.4) is 0 Å². The molecule has 0 bridgehead atoms. The van der Waals surface area contributed by atoms with Crippen LogP contribution in [0.1, 0.15) is 11.8 Å². The topological polar surface area (TPSA) is 24.9 Å². The number of hydrogen-bond donors (Lipinski definition) is 1. The van der Waals surface area contributed by atoms with Crippen molar-refractivity contribution in [3.8, 4) is 10.6 Å². The van der Waals surface area contributed by atoms with Gasteiger partial charge in [0.15, 0.2) is 0 Å². The van der Waals surface area contributed by atoms with Crippen molar-refractivity contribution < 1.29 is 0 Å². The first-order chi connectivity index (χ1) is 7.81. The number of nitrogens with one attached hydrogen (secondary N) is 1.